The van der Waals surface area contributed by atoms with Gasteiger partial charge >= 0.3 is 0 Å². The summed E-state index contributed by atoms with van der Waals surface area (Å²) in [5.41, 5.74) is 5.13. The zero-order valence-electron chi connectivity index (χ0n) is 9.96. The third-order valence-corrected chi connectivity index (χ3v) is 2.39. The van der Waals surface area contributed by atoms with Crippen molar-refractivity contribution in [3.05, 3.63) is 35.4 Å². The molecule has 4 nitrogen and oxygen atoms in total. The number of hydrogen-bond donors (Lipinski definition) is 3. The highest BCUT2D eigenvalue weighted by atomic mass is 15.3. The minimum atomic E-state index is 0.633. The van der Waals surface area contributed by atoms with Gasteiger partial charge in [0.05, 0.1) is 6.54 Å². The van der Waals surface area contributed by atoms with Crippen LogP contribution in [0.1, 0.15) is 25.0 Å². The Hall–Kier alpha value is -1.55. The molecule has 0 saturated carbocycles. The summed E-state index contributed by atoms with van der Waals surface area (Å²) in [5, 5.41) is 3.05. The Morgan fingerprint density at radius 3 is 2.50 bits per heavy atom. The van der Waals surface area contributed by atoms with Gasteiger partial charge in [-0.1, -0.05) is 31.2 Å². The molecule has 4 N–H and O–H groups in total. The van der Waals surface area contributed by atoms with Crippen molar-refractivity contribution in [2.45, 2.75) is 26.8 Å². The summed E-state index contributed by atoms with van der Waals surface area (Å²) in [5.74, 6) is 5.98. The second kappa shape index (κ2) is 6.85. The van der Waals surface area contributed by atoms with Gasteiger partial charge in [-0.3, -0.25) is 5.43 Å². The fraction of sp³-hybridized carbons (Fsp3) is 0.417. The highest BCUT2D eigenvalue weighted by Crippen LogP contribution is 2.10. The fourth-order valence-corrected chi connectivity index (χ4v) is 1.54. The van der Waals surface area contributed by atoms with Crippen LogP contribution in [0.5, 0.6) is 0 Å². The average Bonchev–Trinajstić information content (AvgIpc) is 2.34. The summed E-state index contributed by atoms with van der Waals surface area (Å²) in [7, 11) is 0. The number of nitrogens with zero attached hydrogens (tertiary/aromatic N) is 1. The first kappa shape index (κ1) is 12.5. The molecule has 0 fully saturated rings. The summed E-state index contributed by atoms with van der Waals surface area (Å²) in [6, 6.07) is 8.32. The Morgan fingerprint density at radius 2 is 1.94 bits per heavy atom. The largest absolute Gasteiger partial charge is 0.356 e. The van der Waals surface area contributed by atoms with Gasteiger partial charge in [0.2, 0.25) is 5.96 Å². The highest BCUT2D eigenvalue weighted by Gasteiger charge is 1.99. The number of hydrazine groups is 1. The minimum Gasteiger partial charge on any atom is -0.356 e. The molecule has 0 aliphatic heterocycles. The van der Waals surface area contributed by atoms with Gasteiger partial charge in [-0.2, -0.15) is 0 Å². The SMILES string of the molecule is CCNC(=NCc1ccccc1CC)NN. The summed E-state index contributed by atoms with van der Waals surface area (Å²) in [4.78, 5) is 4.38. The lowest BCUT2D eigenvalue weighted by Crippen LogP contribution is -2.41. The van der Waals surface area contributed by atoms with Crippen molar-refractivity contribution in [3.63, 3.8) is 0 Å². The molecule has 4 heteroatoms. The Morgan fingerprint density at radius 1 is 1.25 bits per heavy atom. The molecule has 16 heavy (non-hydrogen) atoms. The first-order chi connectivity index (χ1) is 7.81. The lowest BCUT2D eigenvalue weighted by molar-refractivity contribution is 0.849. The van der Waals surface area contributed by atoms with E-state index in [-0.39, 0.29) is 0 Å². The molecule has 1 aromatic rings. The summed E-state index contributed by atoms with van der Waals surface area (Å²) in [6.45, 7) is 5.61. The van der Waals surface area contributed by atoms with Gasteiger partial charge in [-0.25, -0.2) is 10.8 Å². The maximum absolute atomic E-state index is 5.35. The molecule has 0 aliphatic carbocycles. The van der Waals surface area contributed by atoms with Crippen molar-refractivity contribution in [1.29, 1.82) is 0 Å². The average molecular weight is 220 g/mol. The number of aryl methyl sites for hydroxylation is 1. The van der Waals surface area contributed by atoms with Gasteiger partial charge in [-0.15, -0.1) is 0 Å². The molecule has 0 radical (unpaired) electrons. The lowest BCUT2D eigenvalue weighted by Gasteiger charge is -2.08. The molecule has 1 rings (SSSR count). The molecule has 0 atom stereocenters. The van der Waals surface area contributed by atoms with Crippen LogP contribution in [0.4, 0.5) is 0 Å². The molecule has 1 aromatic carbocycles. The molecule has 0 unspecified atom stereocenters. The lowest BCUT2D eigenvalue weighted by atomic mass is 10.1. The van der Waals surface area contributed by atoms with E-state index in [1.165, 1.54) is 11.1 Å². The van der Waals surface area contributed by atoms with Crippen LogP contribution in [0.3, 0.4) is 0 Å². The van der Waals surface area contributed by atoms with Gasteiger partial charge in [0.15, 0.2) is 0 Å². The number of hydrogen-bond acceptors (Lipinski definition) is 2. The Bertz CT molecular complexity index is 347. The Balaban J connectivity index is 2.72. The molecule has 88 valence electrons. The van der Waals surface area contributed by atoms with Crippen LogP contribution in [0, 0.1) is 0 Å². The van der Waals surface area contributed by atoms with E-state index in [0.717, 1.165) is 13.0 Å². The standard InChI is InChI=1S/C12H20N4/c1-3-10-7-5-6-8-11(10)9-15-12(16-13)14-4-2/h5-8H,3-4,9,13H2,1-2H3,(H2,14,15,16). The van der Waals surface area contributed by atoms with Crippen molar-refractivity contribution >= 4 is 5.96 Å². The quantitative estimate of drug-likeness (QED) is 0.309. The molecule has 0 aliphatic rings. The minimum absolute atomic E-state index is 0.633. The second-order valence-electron chi connectivity index (χ2n) is 3.46. The van der Waals surface area contributed by atoms with Crippen LogP contribution in [0.25, 0.3) is 0 Å². The fourth-order valence-electron chi connectivity index (χ4n) is 1.54. The van der Waals surface area contributed by atoms with Crippen molar-refractivity contribution in [2.24, 2.45) is 10.8 Å². The van der Waals surface area contributed by atoms with Crippen molar-refractivity contribution in [3.8, 4) is 0 Å². The van der Waals surface area contributed by atoms with Gasteiger partial charge < -0.3 is 5.32 Å². The summed E-state index contributed by atoms with van der Waals surface area (Å²) < 4.78 is 0. The van der Waals surface area contributed by atoms with E-state index in [1.54, 1.807) is 0 Å². The predicted molar refractivity (Wildman–Crippen MR) is 68.0 cm³/mol. The number of benzene rings is 1. The molecular formula is C12H20N4. The van der Waals surface area contributed by atoms with Crippen LogP contribution in [0.15, 0.2) is 29.3 Å². The number of guanidine groups is 1. The third kappa shape index (κ3) is 3.55. The second-order valence-corrected chi connectivity index (χ2v) is 3.46. The van der Waals surface area contributed by atoms with Gasteiger partial charge in [-0.05, 0) is 24.5 Å². The third-order valence-electron chi connectivity index (χ3n) is 2.39. The Kier molecular flexibility index (Phi) is 5.36. The van der Waals surface area contributed by atoms with Crippen LogP contribution in [0.2, 0.25) is 0 Å². The van der Waals surface area contributed by atoms with Crippen molar-refractivity contribution in [2.75, 3.05) is 6.54 Å². The smallest absolute Gasteiger partial charge is 0.206 e. The Labute approximate surface area is 96.9 Å². The van der Waals surface area contributed by atoms with E-state index in [2.05, 4.69) is 40.9 Å². The molecular weight excluding hydrogens is 200 g/mol. The van der Waals surface area contributed by atoms with Crippen LogP contribution >= 0.6 is 0 Å². The predicted octanol–water partition coefficient (Wildman–Crippen LogP) is 1.18. The molecule has 0 spiro atoms. The maximum Gasteiger partial charge on any atom is 0.206 e. The van der Waals surface area contributed by atoms with Crippen LogP contribution in [-0.2, 0) is 13.0 Å². The molecule has 0 bridgehead atoms. The first-order valence-corrected chi connectivity index (χ1v) is 5.63. The topological polar surface area (TPSA) is 62.4 Å². The van der Waals surface area contributed by atoms with E-state index >= 15 is 0 Å². The van der Waals surface area contributed by atoms with Gasteiger partial charge in [0.25, 0.3) is 0 Å². The van der Waals surface area contributed by atoms with Crippen LogP contribution in [-0.4, -0.2) is 12.5 Å². The number of rotatable bonds is 4. The van der Waals surface area contributed by atoms with E-state index in [9.17, 15) is 0 Å². The number of nitrogens with one attached hydrogen (secondary N) is 2. The maximum atomic E-state index is 5.35. The van der Waals surface area contributed by atoms with E-state index in [4.69, 9.17) is 5.84 Å². The van der Waals surface area contributed by atoms with Gasteiger partial charge in [0, 0.05) is 6.54 Å². The van der Waals surface area contributed by atoms with E-state index in [1.807, 2.05) is 13.0 Å². The summed E-state index contributed by atoms with van der Waals surface area (Å²) >= 11 is 0. The summed E-state index contributed by atoms with van der Waals surface area (Å²) in [6.07, 6.45) is 1.03. The van der Waals surface area contributed by atoms with Crippen molar-refractivity contribution < 1.29 is 0 Å². The number of aliphatic imine (C=N–C) groups is 1. The molecule has 0 amide bonds. The zero-order chi connectivity index (χ0) is 11.8. The van der Waals surface area contributed by atoms with Crippen LogP contribution < -0.4 is 16.6 Å². The normalized spacial score (nSPS) is 11.3. The number of nitrogens with two attached hydrogens (primary N) is 1. The molecule has 0 aromatic heterocycles. The zero-order valence-corrected chi connectivity index (χ0v) is 9.96. The van der Waals surface area contributed by atoms with Gasteiger partial charge in [0.1, 0.15) is 0 Å². The van der Waals surface area contributed by atoms with E-state index < -0.39 is 0 Å². The monoisotopic (exact) mass is 220 g/mol. The highest BCUT2D eigenvalue weighted by molar-refractivity contribution is 5.79. The molecule has 0 heterocycles. The first-order valence-electron chi connectivity index (χ1n) is 5.63. The molecule has 0 saturated heterocycles. The van der Waals surface area contributed by atoms with Crippen molar-refractivity contribution in [1.82, 2.24) is 10.7 Å². The van der Waals surface area contributed by atoms with E-state index in [0.29, 0.717) is 12.5 Å².